The molecule has 3 heteroatoms. The summed E-state index contributed by atoms with van der Waals surface area (Å²) in [6.45, 7) is 7.27. The summed E-state index contributed by atoms with van der Waals surface area (Å²) in [4.78, 5) is 0. The van der Waals surface area contributed by atoms with Crippen molar-refractivity contribution in [3.8, 4) is 0 Å². The van der Waals surface area contributed by atoms with Crippen molar-refractivity contribution in [1.29, 1.82) is 0 Å². The maximum atomic E-state index is 4.44. The van der Waals surface area contributed by atoms with Gasteiger partial charge in [0.15, 0.2) is 0 Å². The first kappa shape index (κ1) is 11.6. The molecule has 90 valence electrons. The van der Waals surface area contributed by atoms with Crippen LogP contribution in [0.15, 0.2) is 6.07 Å². The van der Waals surface area contributed by atoms with Crippen molar-refractivity contribution in [2.75, 3.05) is 6.54 Å². The Bertz CT molecular complexity index is 326. The predicted molar refractivity (Wildman–Crippen MR) is 66.3 cm³/mol. The van der Waals surface area contributed by atoms with Crippen LogP contribution in [-0.4, -0.2) is 16.3 Å². The molecule has 0 unspecified atom stereocenters. The zero-order valence-electron chi connectivity index (χ0n) is 10.5. The predicted octanol–water partition coefficient (Wildman–Crippen LogP) is 2.49. The van der Waals surface area contributed by atoms with Gasteiger partial charge in [-0.05, 0) is 45.2 Å². The molecule has 3 nitrogen and oxygen atoms in total. The van der Waals surface area contributed by atoms with Crippen molar-refractivity contribution in [2.45, 2.75) is 52.6 Å². The third-order valence-corrected chi connectivity index (χ3v) is 3.25. The van der Waals surface area contributed by atoms with Gasteiger partial charge in [-0.25, -0.2) is 0 Å². The number of hydrogen-bond donors (Lipinski definition) is 1. The molecule has 0 amide bonds. The lowest BCUT2D eigenvalue weighted by atomic mass is 10.2. The maximum Gasteiger partial charge on any atom is 0.0597 e. The number of aromatic nitrogens is 2. The van der Waals surface area contributed by atoms with Crippen LogP contribution in [0.2, 0.25) is 0 Å². The van der Waals surface area contributed by atoms with Crippen molar-refractivity contribution < 1.29 is 0 Å². The first-order chi connectivity index (χ1) is 7.79. The molecule has 1 aromatic rings. The number of rotatable bonds is 7. The van der Waals surface area contributed by atoms with Crippen LogP contribution in [0.5, 0.6) is 0 Å². The molecule has 0 radical (unpaired) electrons. The monoisotopic (exact) mass is 221 g/mol. The molecule has 0 bridgehead atoms. The largest absolute Gasteiger partial charge is 0.311 e. The van der Waals surface area contributed by atoms with Crippen LogP contribution in [0.3, 0.4) is 0 Å². The topological polar surface area (TPSA) is 29.9 Å². The number of hydrogen-bond acceptors (Lipinski definition) is 2. The van der Waals surface area contributed by atoms with Gasteiger partial charge in [-0.3, -0.25) is 4.68 Å². The summed E-state index contributed by atoms with van der Waals surface area (Å²) in [6.07, 6.45) is 5.69. The van der Waals surface area contributed by atoms with E-state index in [1.807, 2.05) is 0 Å². The van der Waals surface area contributed by atoms with Crippen LogP contribution in [0.25, 0.3) is 0 Å². The Balaban J connectivity index is 1.66. The van der Waals surface area contributed by atoms with Crippen molar-refractivity contribution in [3.63, 3.8) is 0 Å². The van der Waals surface area contributed by atoms with E-state index in [0.29, 0.717) is 0 Å². The lowest BCUT2D eigenvalue weighted by Crippen LogP contribution is -2.17. The van der Waals surface area contributed by atoms with E-state index in [-0.39, 0.29) is 0 Å². The number of aryl methyl sites for hydroxylation is 2. The summed E-state index contributed by atoms with van der Waals surface area (Å²) < 4.78 is 2.09. The molecule has 0 spiro atoms. The average Bonchev–Trinajstić information content (AvgIpc) is 3.01. The molecule has 2 rings (SSSR count). The molecule has 0 aliphatic heterocycles. The normalized spacial score (nSPS) is 15.6. The Labute approximate surface area is 98.2 Å². The van der Waals surface area contributed by atoms with Gasteiger partial charge < -0.3 is 5.32 Å². The zero-order valence-corrected chi connectivity index (χ0v) is 10.5. The first-order valence-corrected chi connectivity index (χ1v) is 6.53. The quantitative estimate of drug-likeness (QED) is 0.717. The second-order valence-electron chi connectivity index (χ2n) is 4.86. The van der Waals surface area contributed by atoms with Gasteiger partial charge in [-0.1, -0.05) is 12.8 Å². The lowest BCUT2D eigenvalue weighted by Gasteiger charge is -2.06. The van der Waals surface area contributed by atoms with E-state index in [2.05, 4.69) is 35.0 Å². The molecule has 1 aliphatic rings. The van der Waals surface area contributed by atoms with Gasteiger partial charge in [-0.15, -0.1) is 0 Å². The van der Waals surface area contributed by atoms with Gasteiger partial charge in [-0.2, -0.15) is 5.10 Å². The molecule has 1 fully saturated rings. The van der Waals surface area contributed by atoms with Gasteiger partial charge in [0.05, 0.1) is 11.4 Å². The smallest absolute Gasteiger partial charge is 0.0597 e. The van der Waals surface area contributed by atoms with E-state index in [1.54, 1.807) is 0 Å². The first-order valence-electron chi connectivity index (χ1n) is 6.53. The van der Waals surface area contributed by atoms with Crippen LogP contribution in [0.1, 0.15) is 44.0 Å². The zero-order chi connectivity index (χ0) is 11.4. The second-order valence-corrected chi connectivity index (χ2v) is 4.86. The Morgan fingerprint density at radius 2 is 2.31 bits per heavy atom. The standard InChI is InChI=1S/C13H23N3/c1-3-16-13(9-11(2)15-16)10-14-8-4-5-12-6-7-12/h9,12,14H,3-8,10H2,1-2H3. The van der Waals surface area contributed by atoms with Gasteiger partial charge in [0, 0.05) is 13.1 Å². The van der Waals surface area contributed by atoms with Crippen LogP contribution in [0.4, 0.5) is 0 Å². The number of nitrogens with zero attached hydrogens (tertiary/aromatic N) is 2. The van der Waals surface area contributed by atoms with Gasteiger partial charge >= 0.3 is 0 Å². The molecule has 1 N–H and O–H groups in total. The van der Waals surface area contributed by atoms with E-state index >= 15 is 0 Å². The molecule has 1 heterocycles. The van der Waals surface area contributed by atoms with Gasteiger partial charge in [0.2, 0.25) is 0 Å². The fourth-order valence-corrected chi connectivity index (χ4v) is 2.15. The summed E-state index contributed by atoms with van der Waals surface area (Å²) in [7, 11) is 0. The fraction of sp³-hybridized carbons (Fsp3) is 0.769. The van der Waals surface area contributed by atoms with Crippen LogP contribution < -0.4 is 5.32 Å². The summed E-state index contributed by atoms with van der Waals surface area (Å²) in [5.74, 6) is 1.06. The minimum absolute atomic E-state index is 0.958. The van der Waals surface area contributed by atoms with E-state index in [0.717, 1.165) is 31.2 Å². The average molecular weight is 221 g/mol. The second kappa shape index (κ2) is 5.48. The highest BCUT2D eigenvalue weighted by Crippen LogP contribution is 2.33. The van der Waals surface area contributed by atoms with Crippen molar-refractivity contribution >= 4 is 0 Å². The lowest BCUT2D eigenvalue weighted by molar-refractivity contribution is 0.554. The Morgan fingerprint density at radius 1 is 1.50 bits per heavy atom. The van der Waals surface area contributed by atoms with E-state index in [1.165, 1.54) is 31.4 Å². The molecule has 1 aromatic heterocycles. The molecule has 1 aliphatic carbocycles. The van der Waals surface area contributed by atoms with Crippen molar-refractivity contribution in [2.24, 2.45) is 5.92 Å². The maximum absolute atomic E-state index is 4.44. The summed E-state index contributed by atoms with van der Waals surface area (Å²) >= 11 is 0. The highest BCUT2D eigenvalue weighted by molar-refractivity contribution is 5.08. The van der Waals surface area contributed by atoms with Crippen molar-refractivity contribution in [1.82, 2.24) is 15.1 Å². The SMILES string of the molecule is CCn1nc(C)cc1CNCCCC1CC1. The number of nitrogens with one attached hydrogen (secondary N) is 1. The molecular weight excluding hydrogens is 198 g/mol. The molecule has 0 saturated heterocycles. The summed E-state index contributed by atoms with van der Waals surface area (Å²) in [5.41, 5.74) is 2.43. The third-order valence-electron chi connectivity index (χ3n) is 3.25. The van der Waals surface area contributed by atoms with Crippen LogP contribution in [-0.2, 0) is 13.1 Å². The fourth-order valence-electron chi connectivity index (χ4n) is 2.15. The van der Waals surface area contributed by atoms with E-state index in [4.69, 9.17) is 0 Å². The third kappa shape index (κ3) is 3.34. The molecule has 16 heavy (non-hydrogen) atoms. The van der Waals surface area contributed by atoms with Crippen LogP contribution in [0, 0.1) is 12.8 Å². The van der Waals surface area contributed by atoms with Crippen molar-refractivity contribution in [3.05, 3.63) is 17.5 Å². The summed E-state index contributed by atoms with van der Waals surface area (Å²) in [6, 6.07) is 2.18. The molecular formula is C13H23N3. The van der Waals surface area contributed by atoms with Gasteiger partial charge in [0.25, 0.3) is 0 Å². The molecule has 0 atom stereocenters. The Morgan fingerprint density at radius 3 is 3.00 bits per heavy atom. The molecule has 1 saturated carbocycles. The Hall–Kier alpha value is -0.830. The van der Waals surface area contributed by atoms with E-state index < -0.39 is 0 Å². The van der Waals surface area contributed by atoms with Gasteiger partial charge in [0.1, 0.15) is 0 Å². The minimum Gasteiger partial charge on any atom is -0.311 e. The van der Waals surface area contributed by atoms with Crippen LogP contribution >= 0.6 is 0 Å². The summed E-state index contributed by atoms with van der Waals surface area (Å²) in [5, 5.41) is 7.95. The highest BCUT2D eigenvalue weighted by Gasteiger charge is 2.19. The minimum atomic E-state index is 0.958. The highest BCUT2D eigenvalue weighted by atomic mass is 15.3. The Kier molecular flexibility index (Phi) is 3.99. The van der Waals surface area contributed by atoms with E-state index in [9.17, 15) is 0 Å². The molecule has 0 aromatic carbocycles.